The third kappa shape index (κ3) is 6.11. The summed E-state index contributed by atoms with van der Waals surface area (Å²) in [4.78, 5) is 32.3. The molecular weight excluding hydrogens is 452 g/mol. The topological polar surface area (TPSA) is 79.5 Å². The number of nitrogens with two attached hydrogens (primary N) is 1. The summed E-state index contributed by atoms with van der Waals surface area (Å²) in [6.45, 7) is 3.39. The number of aromatic nitrogens is 1. The quantitative estimate of drug-likeness (QED) is 0.582. The van der Waals surface area contributed by atoms with Crippen molar-refractivity contribution >= 4 is 11.8 Å². The van der Waals surface area contributed by atoms with Gasteiger partial charge in [0.1, 0.15) is 5.82 Å². The van der Waals surface area contributed by atoms with Gasteiger partial charge < -0.3 is 10.6 Å². The monoisotopic (exact) mass is 480 g/mol. The summed E-state index contributed by atoms with van der Waals surface area (Å²) < 4.78 is 53.7. The number of pyridine rings is 1. The molecule has 2 amide bonds. The van der Waals surface area contributed by atoms with Crippen LogP contribution in [0.1, 0.15) is 58.0 Å². The van der Waals surface area contributed by atoms with Gasteiger partial charge in [0.2, 0.25) is 5.91 Å². The number of nitrogens with zero attached hydrogens (tertiary/aromatic N) is 3. The van der Waals surface area contributed by atoms with E-state index in [9.17, 15) is 27.2 Å². The van der Waals surface area contributed by atoms with Crippen LogP contribution >= 0.6 is 0 Å². The van der Waals surface area contributed by atoms with Crippen LogP contribution in [0.15, 0.2) is 36.7 Å². The molecule has 1 aromatic carbocycles. The maximum atomic E-state index is 13.7. The van der Waals surface area contributed by atoms with Crippen LogP contribution in [0.2, 0.25) is 0 Å². The molecule has 184 valence electrons. The third-order valence-corrected chi connectivity index (χ3v) is 6.15. The minimum Gasteiger partial charge on any atom is -0.366 e. The molecule has 2 N–H and O–H groups in total. The predicted molar refractivity (Wildman–Crippen MR) is 119 cm³/mol. The van der Waals surface area contributed by atoms with Gasteiger partial charge in [0.25, 0.3) is 5.91 Å². The molecular formula is C24H28F4N4O2. The number of amides is 2. The molecule has 0 aliphatic carbocycles. The van der Waals surface area contributed by atoms with E-state index in [1.807, 2.05) is 0 Å². The highest BCUT2D eigenvalue weighted by molar-refractivity contribution is 5.96. The molecule has 6 nitrogen and oxygen atoms in total. The number of carbonyl (C=O) groups excluding carboxylic acids is 2. The van der Waals surface area contributed by atoms with Crippen LogP contribution in [0.5, 0.6) is 0 Å². The summed E-state index contributed by atoms with van der Waals surface area (Å²) >= 11 is 0. The normalized spacial score (nSPS) is 15.9. The van der Waals surface area contributed by atoms with Crippen molar-refractivity contribution in [1.82, 2.24) is 14.8 Å². The Bertz CT molecular complexity index is 1020. The largest absolute Gasteiger partial charge is 0.417 e. The number of rotatable bonds is 8. The molecule has 1 unspecified atom stereocenters. The lowest BCUT2D eigenvalue weighted by Gasteiger charge is -2.40. The van der Waals surface area contributed by atoms with E-state index in [2.05, 4.69) is 16.8 Å². The average Bonchev–Trinajstić information content (AvgIpc) is 2.80. The second-order valence-corrected chi connectivity index (χ2v) is 8.41. The van der Waals surface area contributed by atoms with Gasteiger partial charge in [0.15, 0.2) is 0 Å². The zero-order valence-corrected chi connectivity index (χ0v) is 18.9. The van der Waals surface area contributed by atoms with Crippen LogP contribution in [0.4, 0.5) is 17.6 Å². The smallest absolute Gasteiger partial charge is 0.366 e. The summed E-state index contributed by atoms with van der Waals surface area (Å²) in [5.74, 6) is -2.26. The number of primary amides is 1. The number of alkyl halides is 3. The second kappa shape index (κ2) is 10.9. The van der Waals surface area contributed by atoms with Crippen LogP contribution in [0.3, 0.4) is 0 Å². The zero-order valence-electron chi connectivity index (χ0n) is 18.9. The predicted octanol–water partition coefficient (Wildman–Crippen LogP) is 3.90. The van der Waals surface area contributed by atoms with Crippen molar-refractivity contribution < 1.29 is 27.2 Å². The molecule has 1 aliphatic rings. The van der Waals surface area contributed by atoms with Gasteiger partial charge in [-0.1, -0.05) is 19.8 Å². The number of piperazine rings is 1. The first-order valence-electron chi connectivity index (χ1n) is 11.2. The highest BCUT2D eigenvalue weighted by Crippen LogP contribution is 2.33. The van der Waals surface area contributed by atoms with E-state index in [0.29, 0.717) is 43.3 Å². The minimum absolute atomic E-state index is 0.0550. The standard InChI is InChI=1S/C24H28F4N4O2/c1-2-3-4-18(13-16-15-30-8-7-19(16)22(29)33)31-9-11-32(12-10-31)23(34)20-14-17(25)5-6-21(20)24(26,27)28/h5-8,14-15,18H,2-4,9-13H2,1H3,(H2,29,33). The molecule has 2 heterocycles. The zero-order chi connectivity index (χ0) is 24.9. The van der Waals surface area contributed by atoms with Crippen molar-refractivity contribution in [3.8, 4) is 0 Å². The van der Waals surface area contributed by atoms with Crippen LogP contribution < -0.4 is 5.73 Å². The fraction of sp³-hybridized carbons (Fsp3) is 0.458. The van der Waals surface area contributed by atoms with Gasteiger partial charge >= 0.3 is 6.18 Å². The van der Waals surface area contributed by atoms with E-state index in [0.717, 1.165) is 24.8 Å². The molecule has 1 aromatic heterocycles. The van der Waals surface area contributed by atoms with Crippen LogP contribution in [-0.4, -0.2) is 58.8 Å². The number of benzene rings is 1. The van der Waals surface area contributed by atoms with E-state index in [4.69, 9.17) is 5.73 Å². The van der Waals surface area contributed by atoms with E-state index >= 15 is 0 Å². The van der Waals surface area contributed by atoms with Gasteiger partial charge in [-0.15, -0.1) is 0 Å². The Balaban J connectivity index is 1.74. The van der Waals surface area contributed by atoms with Crippen molar-refractivity contribution in [3.05, 3.63) is 64.7 Å². The molecule has 1 fully saturated rings. The summed E-state index contributed by atoms with van der Waals surface area (Å²) in [7, 11) is 0. The van der Waals surface area contributed by atoms with Crippen molar-refractivity contribution in [2.24, 2.45) is 5.73 Å². The Labute approximate surface area is 195 Å². The molecule has 0 spiro atoms. The summed E-state index contributed by atoms with van der Waals surface area (Å²) in [6.07, 6.45) is 1.70. The Morgan fingerprint density at radius 3 is 2.44 bits per heavy atom. The molecule has 2 aromatic rings. The van der Waals surface area contributed by atoms with E-state index < -0.39 is 34.9 Å². The number of hydrogen-bond donors (Lipinski definition) is 1. The first-order chi connectivity index (χ1) is 16.1. The molecule has 10 heteroatoms. The van der Waals surface area contributed by atoms with Gasteiger partial charge in [-0.25, -0.2) is 4.39 Å². The van der Waals surface area contributed by atoms with Crippen molar-refractivity contribution in [2.75, 3.05) is 26.2 Å². The van der Waals surface area contributed by atoms with Crippen molar-refractivity contribution in [3.63, 3.8) is 0 Å². The van der Waals surface area contributed by atoms with Crippen molar-refractivity contribution in [2.45, 2.75) is 44.8 Å². The number of carbonyl (C=O) groups is 2. The van der Waals surface area contributed by atoms with Crippen LogP contribution in [0.25, 0.3) is 0 Å². The third-order valence-electron chi connectivity index (χ3n) is 6.15. The SMILES string of the molecule is CCCCC(Cc1cnccc1C(N)=O)N1CCN(C(=O)c2cc(F)ccc2C(F)(F)F)CC1. The van der Waals surface area contributed by atoms with Gasteiger partial charge in [-0.2, -0.15) is 13.2 Å². The van der Waals surface area contributed by atoms with E-state index in [1.165, 1.54) is 11.1 Å². The average molecular weight is 481 g/mol. The van der Waals surface area contributed by atoms with Gasteiger partial charge in [0.05, 0.1) is 11.1 Å². The molecule has 0 radical (unpaired) electrons. The maximum absolute atomic E-state index is 13.7. The van der Waals surface area contributed by atoms with Crippen LogP contribution in [0, 0.1) is 5.82 Å². The number of unbranched alkanes of at least 4 members (excludes halogenated alkanes) is 1. The summed E-state index contributed by atoms with van der Waals surface area (Å²) in [5.41, 5.74) is 4.83. The lowest BCUT2D eigenvalue weighted by Crippen LogP contribution is -2.52. The fourth-order valence-electron chi connectivity index (χ4n) is 4.34. The molecule has 0 bridgehead atoms. The highest BCUT2D eigenvalue weighted by Gasteiger charge is 2.37. The lowest BCUT2D eigenvalue weighted by molar-refractivity contribution is -0.138. The van der Waals surface area contributed by atoms with Gasteiger partial charge in [-0.05, 0) is 42.7 Å². The van der Waals surface area contributed by atoms with E-state index in [-0.39, 0.29) is 19.1 Å². The number of halogens is 4. The van der Waals surface area contributed by atoms with Gasteiger partial charge in [-0.3, -0.25) is 19.5 Å². The first-order valence-corrected chi connectivity index (χ1v) is 11.2. The second-order valence-electron chi connectivity index (χ2n) is 8.41. The molecule has 3 rings (SSSR count). The minimum atomic E-state index is -4.76. The lowest BCUT2D eigenvalue weighted by atomic mass is 9.96. The molecule has 1 saturated heterocycles. The Hall–Kier alpha value is -3.01. The first kappa shape index (κ1) is 25.6. The van der Waals surface area contributed by atoms with E-state index in [1.54, 1.807) is 12.3 Å². The molecule has 1 atom stereocenters. The fourth-order valence-corrected chi connectivity index (χ4v) is 4.34. The Kier molecular flexibility index (Phi) is 8.24. The molecule has 34 heavy (non-hydrogen) atoms. The number of hydrogen-bond acceptors (Lipinski definition) is 4. The Morgan fingerprint density at radius 1 is 1.12 bits per heavy atom. The van der Waals surface area contributed by atoms with Crippen LogP contribution in [-0.2, 0) is 12.6 Å². The summed E-state index contributed by atoms with van der Waals surface area (Å²) in [6, 6.07) is 3.59. The van der Waals surface area contributed by atoms with Crippen molar-refractivity contribution in [1.29, 1.82) is 0 Å². The highest BCUT2D eigenvalue weighted by atomic mass is 19.4. The summed E-state index contributed by atoms with van der Waals surface area (Å²) in [5, 5.41) is 0. The molecule has 1 aliphatic heterocycles. The maximum Gasteiger partial charge on any atom is 0.417 e. The Morgan fingerprint density at radius 2 is 1.82 bits per heavy atom. The molecule has 0 saturated carbocycles. The van der Waals surface area contributed by atoms with Gasteiger partial charge in [0, 0.05) is 50.2 Å².